The topological polar surface area (TPSA) is 38.3 Å². The maximum absolute atomic E-state index is 11.1. The summed E-state index contributed by atoms with van der Waals surface area (Å²) in [6.07, 6.45) is 1.07. The Morgan fingerprint density at radius 3 is 2.50 bits per heavy atom. The van der Waals surface area contributed by atoms with E-state index in [9.17, 15) is 4.79 Å². The lowest BCUT2D eigenvalue weighted by molar-refractivity contribution is -0.124. The molecule has 0 aromatic heterocycles. The molecule has 0 fully saturated rings. The molecule has 1 N–H and O–H groups in total. The molecule has 0 aromatic carbocycles. The average molecular weight is 313 g/mol. The molecule has 0 saturated heterocycles. The summed E-state index contributed by atoms with van der Waals surface area (Å²) in [5.74, 6) is 0.153. The maximum Gasteiger partial charge on any atom is 0.222 e. The highest BCUT2D eigenvalue weighted by Gasteiger charge is 2.04. The van der Waals surface area contributed by atoms with Crippen molar-refractivity contribution in [1.82, 2.24) is 5.32 Å². The van der Waals surface area contributed by atoms with Crippen LogP contribution in [-0.4, -0.2) is 29.6 Å². The summed E-state index contributed by atoms with van der Waals surface area (Å²) in [7, 11) is 0. The SMILES string of the molecule is CC(C)C(=O)NCCOCC[C@H](C)I. The summed E-state index contributed by atoms with van der Waals surface area (Å²) in [5.41, 5.74) is 0. The van der Waals surface area contributed by atoms with Gasteiger partial charge in [0, 0.05) is 23.0 Å². The number of amides is 1. The van der Waals surface area contributed by atoms with Crippen LogP contribution in [0, 0.1) is 5.92 Å². The van der Waals surface area contributed by atoms with Gasteiger partial charge in [-0.1, -0.05) is 43.4 Å². The van der Waals surface area contributed by atoms with Crippen molar-refractivity contribution in [3.05, 3.63) is 0 Å². The highest BCUT2D eigenvalue weighted by atomic mass is 127. The third kappa shape index (κ3) is 8.74. The van der Waals surface area contributed by atoms with E-state index < -0.39 is 0 Å². The van der Waals surface area contributed by atoms with Gasteiger partial charge in [-0.25, -0.2) is 0 Å². The second-order valence-electron chi connectivity index (χ2n) is 3.63. The van der Waals surface area contributed by atoms with Crippen molar-refractivity contribution in [1.29, 1.82) is 0 Å². The van der Waals surface area contributed by atoms with Gasteiger partial charge in [-0.15, -0.1) is 0 Å². The summed E-state index contributed by atoms with van der Waals surface area (Å²) >= 11 is 2.37. The first-order valence-electron chi connectivity index (χ1n) is 5.03. The molecule has 0 aliphatic carbocycles. The molecule has 0 aliphatic rings. The van der Waals surface area contributed by atoms with Crippen molar-refractivity contribution >= 4 is 28.5 Å². The fourth-order valence-corrected chi connectivity index (χ4v) is 1.05. The summed E-state index contributed by atoms with van der Waals surface area (Å²) in [6.45, 7) is 7.93. The van der Waals surface area contributed by atoms with Crippen molar-refractivity contribution in [3.63, 3.8) is 0 Å². The zero-order valence-corrected chi connectivity index (χ0v) is 11.3. The molecule has 1 amide bonds. The van der Waals surface area contributed by atoms with Gasteiger partial charge in [-0.3, -0.25) is 4.79 Å². The van der Waals surface area contributed by atoms with E-state index in [0.29, 0.717) is 17.1 Å². The largest absolute Gasteiger partial charge is 0.380 e. The van der Waals surface area contributed by atoms with Crippen molar-refractivity contribution in [3.8, 4) is 0 Å². The Morgan fingerprint density at radius 1 is 1.36 bits per heavy atom. The molecule has 0 rings (SSSR count). The van der Waals surface area contributed by atoms with Crippen molar-refractivity contribution in [2.24, 2.45) is 5.92 Å². The van der Waals surface area contributed by atoms with E-state index in [-0.39, 0.29) is 11.8 Å². The van der Waals surface area contributed by atoms with Crippen LogP contribution in [0.3, 0.4) is 0 Å². The lowest BCUT2D eigenvalue weighted by Crippen LogP contribution is -2.30. The fourth-order valence-electron chi connectivity index (χ4n) is 0.798. The average Bonchev–Trinajstić information content (AvgIpc) is 2.09. The molecule has 0 unspecified atom stereocenters. The number of hydrogen-bond donors (Lipinski definition) is 1. The highest BCUT2D eigenvalue weighted by molar-refractivity contribution is 14.1. The normalized spacial score (nSPS) is 12.9. The molecule has 4 heteroatoms. The van der Waals surface area contributed by atoms with Gasteiger partial charge in [0.25, 0.3) is 0 Å². The first-order valence-corrected chi connectivity index (χ1v) is 6.28. The standard InChI is InChI=1S/C10H20INO2/c1-8(2)10(13)12-5-7-14-6-4-9(3)11/h8-9H,4-7H2,1-3H3,(H,12,13)/t9-/m0/s1. The van der Waals surface area contributed by atoms with Gasteiger partial charge < -0.3 is 10.1 Å². The predicted octanol–water partition coefficient (Wildman–Crippen LogP) is 1.99. The number of ether oxygens (including phenoxy) is 1. The van der Waals surface area contributed by atoms with Gasteiger partial charge >= 0.3 is 0 Å². The Hall–Kier alpha value is 0.160. The van der Waals surface area contributed by atoms with E-state index in [2.05, 4.69) is 34.8 Å². The predicted molar refractivity (Wildman–Crippen MR) is 66.8 cm³/mol. The van der Waals surface area contributed by atoms with Crippen LogP contribution in [0.25, 0.3) is 0 Å². The van der Waals surface area contributed by atoms with Crippen molar-refractivity contribution < 1.29 is 9.53 Å². The van der Waals surface area contributed by atoms with Gasteiger partial charge in [0.2, 0.25) is 5.91 Å². The number of carbonyl (C=O) groups excluding carboxylic acids is 1. The summed E-state index contributed by atoms with van der Waals surface area (Å²) < 4.78 is 6.01. The lowest BCUT2D eigenvalue weighted by Gasteiger charge is -2.08. The van der Waals surface area contributed by atoms with Crippen molar-refractivity contribution in [2.75, 3.05) is 19.8 Å². The molecular weight excluding hydrogens is 293 g/mol. The second-order valence-corrected chi connectivity index (χ2v) is 5.75. The Kier molecular flexibility index (Phi) is 8.56. The van der Waals surface area contributed by atoms with Crippen LogP contribution >= 0.6 is 22.6 Å². The Labute approximate surface area is 100 Å². The third-order valence-corrected chi connectivity index (χ3v) is 2.35. The Morgan fingerprint density at radius 2 is 2.00 bits per heavy atom. The molecular formula is C10H20INO2. The molecule has 0 aliphatic heterocycles. The molecule has 0 spiro atoms. The molecule has 3 nitrogen and oxygen atoms in total. The molecule has 0 aromatic rings. The molecule has 0 saturated carbocycles. The van der Waals surface area contributed by atoms with Crippen molar-refractivity contribution in [2.45, 2.75) is 31.1 Å². The molecule has 0 bridgehead atoms. The zero-order valence-electron chi connectivity index (χ0n) is 9.18. The van der Waals surface area contributed by atoms with E-state index in [1.54, 1.807) is 0 Å². The summed E-state index contributed by atoms with van der Waals surface area (Å²) in [5, 5.41) is 2.80. The minimum absolute atomic E-state index is 0.0596. The van der Waals surface area contributed by atoms with E-state index >= 15 is 0 Å². The molecule has 1 atom stereocenters. The van der Waals surface area contributed by atoms with E-state index in [1.165, 1.54) is 0 Å². The van der Waals surface area contributed by atoms with E-state index in [4.69, 9.17) is 4.74 Å². The zero-order chi connectivity index (χ0) is 11.0. The first-order chi connectivity index (χ1) is 6.54. The van der Waals surface area contributed by atoms with Crippen LogP contribution in [0.15, 0.2) is 0 Å². The lowest BCUT2D eigenvalue weighted by atomic mass is 10.2. The number of halogens is 1. The summed E-state index contributed by atoms with van der Waals surface area (Å²) in [4.78, 5) is 11.1. The number of hydrogen-bond acceptors (Lipinski definition) is 2. The first kappa shape index (κ1) is 14.2. The van der Waals surface area contributed by atoms with Crippen LogP contribution < -0.4 is 5.32 Å². The van der Waals surface area contributed by atoms with E-state index in [1.807, 2.05) is 13.8 Å². The van der Waals surface area contributed by atoms with Gasteiger partial charge in [0.05, 0.1) is 6.61 Å². The van der Waals surface area contributed by atoms with Crippen LogP contribution in [0.4, 0.5) is 0 Å². The number of nitrogens with one attached hydrogen (secondary N) is 1. The molecule has 0 heterocycles. The third-order valence-electron chi connectivity index (χ3n) is 1.73. The van der Waals surface area contributed by atoms with Crippen LogP contribution in [0.5, 0.6) is 0 Å². The molecule has 14 heavy (non-hydrogen) atoms. The van der Waals surface area contributed by atoms with Gasteiger partial charge in [-0.05, 0) is 6.42 Å². The minimum atomic E-state index is 0.0596. The highest BCUT2D eigenvalue weighted by Crippen LogP contribution is 2.03. The van der Waals surface area contributed by atoms with Crippen LogP contribution in [0.1, 0.15) is 27.2 Å². The van der Waals surface area contributed by atoms with Crippen LogP contribution in [-0.2, 0) is 9.53 Å². The number of alkyl halides is 1. The van der Waals surface area contributed by atoms with E-state index in [0.717, 1.165) is 13.0 Å². The quantitative estimate of drug-likeness (QED) is 0.443. The van der Waals surface area contributed by atoms with Gasteiger partial charge in [0.1, 0.15) is 0 Å². The smallest absolute Gasteiger partial charge is 0.222 e. The Balaban J connectivity index is 3.18. The monoisotopic (exact) mass is 313 g/mol. The molecule has 84 valence electrons. The fraction of sp³-hybridized carbons (Fsp3) is 0.900. The molecule has 0 radical (unpaired) electrons. The number of carbonyl (C=O) groups is 1. The number of rotatable bonds is 7. The second kappa shape index (κ2) is 8.47. The maximum atomic E-state index is 11.1. The minimum Gasteiger partial charge on any atom is -0.380 e. The Bertz CT molecular complexity index is 160. The van der Waals surface area contributed by atoms with Crippen LogP contribution in [0.2, 0.25) is 0 Å². The summed E-state index contributed by atoms with van der Waals surface area (Å²) in [6, 6.07) is 0. The van der Waals surface area contributed by atoms with Gasteiger partial charge in [-0.2, -0.15) is 0 Å². The van der Waals surface area contributed by atoms with Gasteiger partial charge in [0.15, 0.2) is 0 Å².